The van der Waals surface area contributed by atoms with Crippen molar-refractivity contribution in [3.05, 3.63) is 11.9 Å². The average molecular weight is 262 g/mol. The quantitative estimate of drug-likeness (QED) is 0.903. The van der Waals surface area contributed by atoms with E-state index in [4.69, 9.17) is 9.72 Å². The second-order valence-electron chi connectivity index (χ2n) is 5.64. The number of morpholine rings is 1. The highest BCUT2D eigenvalue weighted by atomic mass is 16.5. The fourth-order valence-electron chi connectivity index (χ4n) is 2.47. The van der Waals surface area contributed by atoms with Crippen LogP contribution in [-0.2, 0) is 4.74 Å². The van der Waals surface area contributed by atoms with Crippen molar-refractivity contribution in [2.45, 2.75) is 44.8 Å². The van der Waals surface area contributed by atoms with Crippen molar-refractivity contribution in [3.8, 4) is 0 Å². The molecule has 2 fully saturated rings. The molecule has 2 unspecified atom stereocenters. The topological polar surface area (TPSA) is 50.3 Å². The first kappa shape index (κ1) is 12.7. The summed E-state index contributed by atoms with van der Waals surface area (Å²) in [4.78, 5) is 11.7. The Kier molecular flexibility index (Phi) is 3.31. The summed E-state index contributed by atoms with van der Waals surface area (Å²) in [5.74, 6) is 3.51. The van der Waals surface area contributed by atoms with Crippen molar-refractivity contribution < 1.29 is 4.74 Å². The fraction of sp³-hybridized carbons (Fsp3) is 0.714. The van der Waals surface area contributed by atoms with Crippen molar-refractivity contribution >= 4 is 11.6 Å². The van der Waals surface area contributed by atoms with Gasteiger partial charge in [0, 0.05) is 25.6 Å². The van der Waals surface area contributed by atoms with Gasteiger partial charge in [-0.15, -0.1) is 0 Å². The molecule has 0 aromatic carbocycles. The molecular formula is C14H22N4O. The summed E-state index contributed by atoms with van der Waals surface area (Å²) in [6.45, 7) is 5.95. The maximum Gasteiger partial charge on any atom is 0.136 e. The Bertz CT molecular complexity index is 461. The van der Waals surface area contributed by atoms with Gasteiger partial charge >= 0.3 is 0 Å². The molecule has 1 aliphatic heterocycles. The lowest BCUT2D eigenvalue weighted by Gasteiger charge is -2.37. The van der Waals surface area contributed by atoms with Gasteiger partial charge in [0.1, 0.15) is 17.5 Å². The Labute approximate surface area is 114 Å². The third-order valence-electron chi connectivity index (χ3n) is 3.83. The summed E-state index contributed by atoms with van der Waals surface area (Å²) in [6, 6.07) is 2.41. The normalized spacial score (nSPS) is 27.4. The number of hydrogen-bond acceptors (Lipinski definition) is 5. The van der Waals surface area contributed by atoms with Crippen molar-refractivity contribution in [2.24, 2.45) is 0 Å². The first-order valence-electron chi connectivity index (χ1n) is 7.12. The van der Waals surface area contributed by atoms with Crippen molar-refractivity contribution in [1.82, 2.24) is 9.97 Å². The number of ether oxygens (including phenoxy) is 1. The number of nitrogens with zero attached hydrogens (tertiary/aromatic N) is 3. The van der Waals surface area contributed by atoms with E-state index in [9.17, 15) is 0 Å². The van der Waals surface area contributed by atoms with Crippen LogP contribution in [0.1, 0.15) is 38.4 Å². The average Bonchev–Trinajstić information content (AvgIpc) is 3.25. The predicted octanol–water partition coefficient (Wildman–Crippen LogP) is 2.01. The van der Waals surface area contributed by atoms with Gasteiger partial charge in [-0.05, 0) is 26.7 Å². The van der Waals surface area contributed by atoms with Crippen molar-refractivity contribution in [2.75, 3.05) is 30.4 Å². The molecule has 1 saturated heterocycles. The highest BCUT2D eigenvalue weighted by Crippen LogP contribution is 2.39. The van der Waals surface area contributed by atoms with Crippen LogP contribution in [0, 0.1) is 0 Å². The van der Waals surface area contributed by atoms with E-state index < -0.39 is 0 Å². The molecule has 1 aromatic heterocycles. The Balaban J connectivity index is 1.91. The van der Waals surface area contributed by atoms with Gasteiger partial charge in [0.2, 0.25) is 0 Å². The Morgan fingerprint density at radius 3 is 2.79 bits per heavy atom. The summed E-state index contributed by atoms with van der Waals surface area (Å²) in [5.41, 5.74) is 0. The third kappa shape index (κ3) is 2.66. The zero-order chi connectivity index (χ0) is 13.4. The summed E-state index contributed by atoms with van der Waals surface area (Å²) in [6.07, 6.45) is 2.71. The molecule has 5 heteroatoms. The minimum Gasteiger partial charge on any atom is -0.375 e. The maximum atomic E-state index is 5.69. The van der Waals surface area contributed by atoms with Crippen LogP contribution in [0.15, 0.2) is 6.07 Å². The van der Waals surface area contributed by atoms with Crippen molar-refractivity contribution in [3.63, 3.8) is 0 Å². The zero-order valence-electron chi connectivity index (χ0n) is 11.9. The molecule has 5 nitrogen and oxygen atoms in total. The van der Waals surface area contributed by atoms with Gasteiger partial charge in [0.15, 0.2) is 0 Å². The molecule has 0 bridgehead atoms. The molecule has 0 amide bonds. The van der Waals surface area contributed by atoms with Crippen molar-refractivity contribution in [1.29, 1.82) is 0 Å². The van der Waals surface area contributed by atoms with Crippen LogP contribution < -0.4 is 10.2 Å². The summed E-state index contributed by atoms with van der Waals surface area (Å²) < 4.78 is 5.69. The molecule has 104 valence electrons. The van der Waals surface area contributed by atoms with Gasteiger partial charge in [0.05, 0.1) is 18.8 Å². The molecule has 1 saturated carbocycles. The van der Waals surface area contributed by atoms with Gasteiger partial charge in [-0.3, -0.25) is 0 Å². The van der Waals surface area contributed by atoms with Gasteiger partial charge in [0.25, 0.3) is 0 Å². The summed E-state index contributed by atoms with van der Waals surface area (Å²) >= 11 is 0. The second kappa shape index (κ2) is 4.96. The van der Waals surface area contributed by atoms with E-state index in [1.165, 1.54) is 12.8 Å². The number of rotatable bonds is 3. The van der Waals surface area contributed by atoms with Crippen LogP contribution in [0.4, 0.5) is 11.6 Å². The number of aromatic nitrogens is 2. The zero-order valence-corrected chi connectivity index (χ0v) is 11.9. The first-order chi connectivity index (χ1) is 9.17. The Hall–Kier alpha value is -1.36. The highest BCUT2D eigenvalue weighted by Gasteiger charge is 2.30. The van der Waals surface area contributed by atoms with Gasteiger partial charge < -0.3 is 15.0 Å². The summed E-state index contributed by atoms with van der Waals surface area (Å²) in [7, 11) is 1.91. The Morgan fingerprint density at radius 1 is 1.32 bits per heavy atom. The largest absolute Gasteiger partial charge is 0.375 e. The van der Waals surface area contributed by atoms with Crippen LogP contribution in [0.2, 0.25) is 0 Å². The molecule has 2 aliphatic rings. The molecular weight excluding hydrogens is 240 g/mol. The smallest absolute Gasteiger partial charge is 0.136 e. The number of nitrogens with one attached hydrogen (secondary N) is 1. The van der Waals surface area contributed by atoms with Crippen LogP contribution in [-0.4, -0.2) is 42.3 Å². The standard InChI is InChI=1S/C14H22N4O/c1-9-8-19-10(2)7-18(9)13-6-12(15-3)16-14(17-13)11-4-5-11/h6,9-11H,4-5,7-8H2,1-3H3,(H,15,16,17). The van der Waals surface area contributed by atoms with Gasteiger partial charge in [-0.25, -0.2) is 9.97 Å². The second-order valence-corrected chi connectivity index (χ2v) is 5.64. The predicted molar refractivity (Wildman–Crippen MR) is 75.8 cm³/mol. The molecule has 2 heterocycles. The SMILES string of the molecule is CNc1cc(N2CC(C)OCC2C)nc(C2CC2)n1. The Morgan fingerprint density at radius 2 is 2.11 bits per heavy atom. The number of hydrogen-bond donors (Lipinski definition) is 1. The van der Waals surface area contributed by atoms with Crippen LogP contribution in [0.3, 0.4) is 0 Å². The van der Waals surface area contributed by atoms with Gasteiger partial charge in [-0.1, -0.05) is 0 Å². The highest BCUT2D eigenvalue weighted by molar-refractivity contribution is 5.50. The molecule has 3 rings (SSSR count). The molecule has 1 aliphatic carbocycles. The van der Waals surface area contributed by atoms with E-state index >= 15 is 0 Å². The van der Waals surface area contributed by atoms with Crippen LogP contribution >= 0.6 is 0 Å². The molecule has 1 aromatic rings. The lowest BCUT2D eigenvalue weighted by atomic mass is 10.2. The van der Waals surface area contributed by atoms with E-state index in [0.717, 1.165) is 30.6 Å². The maximum absolute atomic E-state index is 5.69. The van der Waals surface area contributed by atoms with E-state index in [1.807, 2.05) is 13.1 Å². The van der Waals surface area contributed by atoms with E-state index in [-0.39, 0.29) is 6.10 Å². The van der Waals surface area contributed by atoms with E-state index in [1.54, 1.807) is 0 Å². The minimum atomic E-state index is 0.258. The number of anilines is 2. The third-order valence-corrected chi connectivity index (χ3v) is 3.83. The monoisotopic (exact) mass is 262 g/mol. The molecule has 19 heavy (non-hydrogen) atoms. The fourth-order valence-corrected chi connectivity index (χ4v) is 2.47. The van der Waals surface area contributed by atoms with E-state index in [0.29, 0.717) is 12.0 Å². The first-order valence-corrected chi connectivity index (χ1v) is 7.12. The van der Waals surface area contributed by atoms with Crippen LogP contribution in [0.5, 0.6) is 0 Å². The molecule has 1 N–H and O–H groups in total. The molecule has 0 spiro atoms. The van der Waals surface area contributed by atoms with Gasteiger partial charge in [-0.2, -0.15) is 0 Å². The molecule has 0 radical (unpaired) electrons. The van der Waals surface area contributed by atoms with Crippen LogP contribution in [0.25, 0.3) is 0 Å². The molecule has 2 atom stereocenters. The lowest BCUT2D eigenvalue weighted by molar-refractivity contribution is 0.0340. The summed E-state index contributed by atoms with van der Waals surface area (Å²) in [5, 5.41) is 3.15. The lowest BCUT2D eigenvalue weighted by Crippen LogP contribution is -2.47. The minimum absolute atomic E-state index is 0.258. The van der Waals surface area contributed by atoms with E-state index in [2.05, 4.69) is 29.0 Å².